The van der Waals surface area contributed by atoms with Gasteiger partial charge in [0, 0.05) is 11.5 Å². The number of aromatic nitrogens is 3. The lowest BCUT2D eigenvalue weighted by atomic mass is 10.2. The first-order chi connectivity index (χ1) is 8.08. The van der Waals surface area contributed by atoms with Crippen molar-refractivity contribution < 1.29 is 9.18 Å². The van der Waals surface area contributed by atoms with Gasteiger partial charge in [0.25, 0.3) is 5.91 Å². The van der Waals surface area contributed by atoms with Crippen LogP contribution in [0.2, 0.25) is 0 Å². The summed E-state index contributed by atoms with van der Waals surface area (Å²) in [7, 11) is 1.62. The van der Waals surface area contributed by atoms with Gasteiger partial charge in [0.15, 0.2) is 0 Å². The molecule has 0 unspecified atom stereocenters. The van der Waals surface area contributed by atoms with E-state index in [1.54, 1.807) is 7.05 Å². The Morgan fingerprint density at radius 1 is 1.53 bits per heavy atom. The Kier molecular flexibility index (Phi) is 3.19. The summed E-state index contributed by atoms with van der Waals surface area (Å²) in [5.74, 6) is -0.901. The Balaban J connectivity index is 2.26. The summed E-state index contributed by atoms with van der Waals surface area (Å²) in [6, 6.07) is 4.14. The van der Waals surface area contributed by atoms with Gasteiger partial charge < -0.3 is 0 Å². The van der Waals surface area contributed by atoms with Gasteiger partial charge in [-0.3, -0.25) is 10.1 Å². The average molecular weight is 299 g/mol. The van der Waals surface area contributed by atoms with Gasteiger partial charge in [-0.1, -0.05) is 15.9 Å². The van der Waals surface area contributed by atoms with E-state index in [-0.39, 0.29) is 11.5 Å². The van der Waals surface area contributed by atoms with Crippen LogP contribution in [0.25, 0.3) is 0 Å². The lowest BCUT2D eigenvalue weighted by molar-refractivity contribution is 0.102. The molecule has 0 fully saturated rings. The van der Waals surface area contributed by atoms with E-state index in [1.807, 2.05) is 0 Å². The van der Waals surface area contributed by atoms with E-state index in [0.29, 0.717) is 4.47 Å². The summed E-state index contributed by atoms with van der Waals surface area (Å²) in [5.41, 5.74) is -0.0534. The highest BCUT2D eigenvalue weighted by Crippen LogP contribution is 2.16. The molecule has 1 amide bonds. The summed E-state index contributed by atoms with van der Waals surface area (Å²) in [5, 5.41) is 6.26. The predicted molar refractivity (Wildman–Crippen MR) is 63.1 cm³/mol. The normalized spacial score (nSPS) is 10.3. The van der Waals surface area contributed by atoms with Gasteiger partial charge in [0.1, 0.15) is 12.1 Å². The predicted octanol–water partition coefficient (Wildman–Crippen LogP) is 1.97. The fourth-order valence-corrected chi connectivity index (χ4v) is 1.61. The molecule has 0 atom stereocenters. The molecule has 1 aromatic carbocycles. The zero-order valence-corrected chi connectivity index (χ0v) is 10.4. The van der Waals surface area contributed by atoms with Crippen molar-refractivity contribution in [2.75, 3.05) is 5.32 Å². The number of hydrogen-bond donors (Lipinski definition) is 1. The average Bonchev–Trinajstić information content (AvgIpc) is 2.68. The van der Waals surface area contributed by atoms with Crippen molar-refractivity contribution in [3.05, 3.63) is 40.4 Å². The van der Waals surface area contributed by atoms with E-state index < -0.39 is 11.7 Å². The third-order valence-corrected chi connectivity index (χ3v) is 2.60. The molecule has 2 aromatic rings. The van der Waals surface area contributed by atoms with Crippen LogP contribution in [0.5, 0.6) is 0 Å². The summed E-state index contributed by atoms with van der Waals surface area (Å²) in [4.78, 5) is 15.6. The highest BCUT2D eigenvalue weighted by atomic mass is 79.9. The molecule has 1 aromatic heterocycles. The molecule has 88 valence electrons. The number of nitrogens with one attached hydrogen (secondary N) is 1. The lowest BCUT2D eigenvalue weighted by Gasteiger charge is -2.05. The molecule has 0 spiro atoms. The Labute approximate surface area is 105 Å². The molecule has 1 N–H and O–H groups in total. The van der Waals surface area contributed by atoms with Gasteiger partial charge >= 0.3 is 0 Å². The molecule has 7 heteroatoms. The van der Waals surface area contributed by atoms with Crippen LogP contribution in [-0.4, -0.2) is 20.7 Å². The van der Waals surface area contributed by atoms with Gasteiger partial charge in [-0.2, -0.15) is 10.1 Å². The Morgan fingerprint density at radius 3 is 2.94 bits per heavy atom. The molecular weight excluding hydrogens is 291 g/mol. The number of halogens is 2. The SMILES string of the molecule is Cn1ncnc1NC(=O)c1cc(Br)ccc1F. The maximum Gasteiger partial charge on any atom is 0.261 e. The zero-order valence-electron chi connectivity index (χ0n) is 8.82. The maximum atomic E-state index is 13.4. The number of nitrogens with zero attached hydrogens (tertiary/aromatic N) is 3. The largest absolute Gasteiger partial charge is 0.291 e. The summed E-state index contributed by atoms with van der Waals surface area (Å²) in [6.07, 6.45) is 1.30. The Morgan fingerprint density at radius 2 is 2.29 bits per heavy atom. The van der Waals surface area contributed by atoms with Gasteiger partial charge in [-0.15, -0.1) is 0 Å². The minimum Gasteiger partial charge on any atom is -0.291 e. The van der Waals surface area contributed by atoms with E-state index in [1.165, 1.54) is 29.2 Å². The molecule has 0 aliphatic heterocycles. The summed E-state index contributed by atoms with van der Waals surface area (Å²) >= 11 is 3.18. The number of carbonyl (C=O) groups excluding carboxylic acids is 1. The summed E-state index contributed by atoms with van der Waals surface area (Å²) < 4.78 is 15.4. The number of rotatable bonds is 2. The fraction of sp³-hybridized carbons (Fsp3) is 0.100. The van der Waals surface area contributed by atoms with Crippen molar-refractivity contribution in [2.24, 2.45) is 7.05 Å². The molecule has 0 radical (unpaired) electrons. The number of anilines is 1. The van der Waals surface area contributed by atoms with Gasteiger partial charge in [0.05, 0.1) is 5.56 Å². The third kappa shape index (κ3) is 2.50. The van der Waals surface area contributed by atoms with Crippen LogP contribution in [0.3, 0.4) is 0 Å². The van der Waals surface area contributed by atoms with E-state index >= 15 is 0 Å². The molecular formula is C10H8BrFN4O. The second kappa shape index (κ2) is 4.62. The van der Waals surface area contributed by atoms with Crippen LogP contribution in [0, 0.1) is 5.82 Å². The number of benzene rings is 1. The topological polar surface area (TPSA) is 59.8 Å². The molecule has 0 bridgehead atoms. The first-order valence-electron chi connectivity index (χ1n) is 4.68. The molecule has 5 nitrogen and oxygen atoms in total. The van der Waals surface area contributed by atoms with Crippen molar-refractivity contribution in [2.45, 2.75) is 0 Å². The van der Waals surface area contributed by atoms with Crippen LogP contribution >= 0.6 is 15.9 Å². The number of aryl methyl sites for hydroxylation is 1. The highest BCUT2D eigenvalue weighted by molar-refractivity contribution is 9.10. The molecule has 0 saturated carbocycles. The van der Waals surface area contributed by atoms with Crippen LogP contribution in [0.4, 0.5) is 10.3 Å². The highest BCUT2D eigenvalue weighted by Gasteiger charge is 2.14. The van der Waals surface area contributed by atoms with Crippen LogP contribution in [0.15, 0.2) is 29.0 Å². The van der Waals surface area contributed by atoms with Crippen LogP contribution in [0.1, 0.15) is 10.4 Å². The van der Waals surface area contributed by atoms with Crippen molar-refractivity contribution in [3.8, 4) is 0 Å². The standard InChI is InChI=1S/C10H8BrFN4O/c1-16-10(13-5-14-16)15-9(17)7-4-6(11)2-3-8(7)12/h2-5H,1H3,(H,13,14,15,17). The molecule has 0 aliphatic carbocycles. The maximum absolute atomic E-state index is 13.4. The molecule has 17 heavy (non-hydrogen) atoms. The minimum atomic E-state index is -0.590. The number of hydrogen-bond acceptors (Lipinski definition) is 3. The molecule has 0 saturated heterocycles. The zero-order chi connectivity index (χ0) is 12.4. The van der Waals surface area contributed by atoms with Crippen molar-refractivity contribution in [1.82, 2.24) is 14.8 Å². The Hall–Kier alpha value is -1.76. The first kappa shape index (κ1) is 11.7. The second-order valence-electron chi connectivity index (χ2n) is 3.29. The van der Waals surface area contributed by atoms with E-state index in [9.17, 15) is 9.18 Å². The lowest BCUT2D eigenvalue weighted by Crippen LogP contribution is -2.16. The molecule has 0 aliphatic rings. The first-order valence-corrected chi connectivity index (χ1v) is 5.47. The van der Waals surface area contributed by atoms with Crippen molar-refractivity contribution >= 4 is 27.8 Å². The van der Waals surface area contributed by atoms with Crippen LogP contribution in [-0.2, 0) is 7.05 Å². The monoisotopic (exact) mass is 298 g/mol. The quantitative estimate of drug-likeness (QED) is 0.922. The fourth-order valence-electron chi connectivity index (χ4n) is 1.25. The van der Waals surface area contributed by atoms with Gasteiger partial charge in [0.2, 0.25) is 5.95 Å². The van der Waals surface area contributed by atoms with E-state index in [4.69, 9.17) is 0 Å². The number of amides is 1. The van der Waals surface area contributed by atoms with Crippen LogP contribution < -0.4 is 5.32 Å². The minimum absolute atomic E-state index is 0.0534. The number of carbonyl (C=O) groups is 1. The second-order valence-corrected chi connectivity index (χ2v) is 4.20. The van der Waals surface area contributed by atoms with Gasteiger partial charge in [-0.05, 0) is 18.2 Å². The summed E-state index contributed by atoms with van der Waals surface area (Å²) in [6.45, 7) is 0. The smallest absolute Gasteiger partial charge is 0.261 e. The van der Waals surface area contributed by atoms with Crippen molar-refractivity contribution in [3.63, 3.8) is 0 Å². The Bertz CT molecular complexity index is 569. The van der Waals surface area contributed by atoms with Gasteiger partial charge in [-0.25, -0.2) is 9.07 Å². The van der Waals surface area contributed by atoms with E-state index in [2.05, 4.69) is 31.3 Å². The molecule has 2 rings (SSSR count). The van der Waals surface area contributed by atoms with Crippen molar-refractivity contribution in [1.29, 1.82) is 0 Å². The van der Waals surface area contributed by atoms with E-state index in [0.717, 1.165) is 0 Å². The molecule has 1 heterocycles. The third-order valence-electron chi connectivity index (χ3n) is 2.11.